The van der Waals surface area contributed by atoms with Crippen LogP contribution in [0.2, 0.25) is 0 Å². The fraction of sp³-hybridized carbons (Fsp3) is 0.263. The number of phenolic OH excluding ortho intramolecular Hbond substituents is 1. The maximum Gasteiger partial charge on any atom is 0.434 e. The van der Waals surface area contributed by atoms with Crippen LogP contribution in [0.3, 0.4) is 0 Å². The molecule has 10 heteroatoms. The third-order valence-electron chi connectivity index (χ3n) is 5.10. The maximum atomic E-state index is 13.9. The molecule has 0 saturated carbocycles. The molecule has 0 aliphatic carbocycles. The Morgan fingerprint density at radius 2 is 2.00 bits per heavy atom. The number of carbonyl (C=O) groups is 1. The van der Waals surface area contributed by atoms with Gasteiger partial charge in [0.2, 0.25) is 0 Å². The minimum absolute atomic E-state index is 0.0390. The van der Waals surface area contributed by atoms with Gasteiger partial charge in [-0.15, -0.1) is 0 Å². The molecule has 29 heavy (non-hydrogen) atoms. The highest BCUT2D eigenvalue weighted by Crippen LogP contribution is 2.47. The molecule has 0 unspecified atom stereocenters. The van der Waals surface area contributed by atoms with Crippen molar-refractivity contribution in [3.8, 4) is 17.2 Å². The molecule has 152 valence electrons. The first-order chi connectivity index (χ1) is 13.5. The molecule has 1 amide bonds. The van der Waals surface area contributed by atoms with Gasteiger partial charge >= 0.3 is 6.18 Å². The normalized spacial score (nSPS) is 13.6. The molecule has 4 rings (SSSR count). The number of nitrogen functional groups attached to an aromatic ring is 1. The Balaban J connectivity index is 2.30. The zero-order valence-electron chi connectivity index (χ0n) is 15.5. The molecule has 0 radical (unpaired) electrons. The van der Waals surface area contributed by atoms with Crippen LogP contribution in [-0.2, 0) is 12.6 Å². The van der Waals surface area contributed by atoms with Crippen molar-refractivity contribution in [1.29, 1.82) is 0 Å². The Bertz CT molecular complexity index is 1200. The van der Waals surface area contributed by atoms with E-state index in [1.54, 1.807) is 19.9 Å². The largest absolute Gasteiger partial charge is 0.508 e. The number of nitrogens with zero attached hydrogens (tertiary/aromatic N) is 2. The molecule has 3 aromatic rings. The number of pyridine rings is 1. The number of alkyl halides is 3. The average Bonchev–Trinajstić information content (AvgIpc) is 3.19. The number of anilines is 1. The second kappa shape index (κ2) is 6.03. The highest BCUT2D eigenvalue weighted by Gasteiger charge is 2.41. The fourth-order valence-electron chi connectivity index (χ4n) is 3.84. The molecule has 0 spiro atoms. The zero-order valence-corrected chi connectivity index (χ0v) is 15.5. The number of ether oxygens (including phenoxy) is 1. The second-order valence-electron chi connectivity index (χ2n) is 6.89. The van der Waals surface area contributed by atoms with Crippen LogP contribution in [0.1, 0.15) is 32.9 Å². The number of amides is 1. The molecule has 0 bridgehead atoms. The Morgan fingerprint density at radius 3 is 2.62 bits per heavy atom. The van der Waals surface area contributed by atoms with Crippen LogP contribution >= 0.6 is 0 Å². The number of aromatic nitrogens is 2. The molecule has 0 saturated heterocycles. The van der Waals surface area contributed by atoms with E-state index in [0.717, 1.165) is 0 Å². The number of benzene rings is 1. The Kier molecular flexibility index (Phi) is 3.93. The fourth-order valence-corrected chi connectivity index (χ4v) is 3.84. The Hall–Kier alpha value is -3.43. The number of aromatic hydroxyl groups is 1. The number of phenols is 1. The summed E-state index contributed by atoms with van der Waals surface area (Å²) in [4.78, 5) is 15.9. The minimum atomic E-state index is -4.85. The summed E-state index contributed by atoms with van der Waals surface area (Å²) >= 11 is 0. The number of hydrogen-bond donors (Lipinski definition) is 3. The van der Waals surface area contributed by atoms with Crippen LogP contribution in [0, 0.1) is 13.8 Å². The number of primary amides is 1. The van der Waals surface area contributed by atoms with Crippen molar-refractivity contribution in [3.05, 3.63) is 40.2 Å². The third kappa shape index (κ3) is 2.59. The summed E-state index contributed by atoms with van der Waals surface area (Å²) in [6.07, 6.45) is -4.66. The van der Waals surface area contributed by atoms with E-state index in [1.165, 1.54) is 10.6 Å². The molecule has 0 fully saturated rings. The van der Waals surface area contributed by atoms with Crippen LogP contribution in [-0.4, -0.2) is 27.2 Å². The summed E-state index contributed by atoms with van der Waals surface area (Å²) in [5.74, 6) is -1.35. The van der Waals surface area contributed by atoms with Crippen LogP contribution in [0.25, 0.3) is 16.6 Å². The van der Waals surface area contributed by atoms with Gasteiger partial charge in [0, 0.05) is 17.4 Å². The topological polar surface area (TPSA) is 116 Å². The number of aryl methyl sites for hydroxylation is 1. The van der Waals surface area contributed by atoms with Gasteiger partial charge in [-0.05, 0) is 25.5 Å². The van der Waals surface area contributed by atoms with Gasteiger partial charge in [-0.25, -0.2) is 4.98 Å². The third-order valence-corrected chi connectivity index (χ3v) is 5.10. The molecule has 1 aromatic carbocycles. The Labute approximate surface area is 162 Å². The summed E-state index contributed by atoms with van der Waals surface area (Å²) in [7, 11) is 0. The van der Waals surface area contributed by atoms with Gasteiger partial charge in [0.05, 0.1) is 23.6 Å². The van der Waals surface area contributed by atoms with Crippen LogP contribution < -0.4 is 16.2 Å². The van der Waals surface area contributed by atoms with Crippen molar-refractivity contribution in [3.63, 3.8) is 0 Å². The first-order valence-corrected chi connectivity index (χ1v) is 8.70. The van der Waals surface area contributed by atoms with Crippen LogP contribution in [0.15, 0.2) is 12.1 Å². The van der Waals surface area contributed by atoms with Gasteiger partial charge in [0.25, 0.3) is 5.91 Å². The van der Waals surface area contributed by atoms with Crippen molar-refractivity contribution < 1.29 is 27.8 Å². The molecule has 1 aliphatic heterocycles. The number of nitrogens with two attached hydrogens (primary N) is 2. The number of carbonyl (C=O) groups excluding carboxylic acids is 1. The lowest BCUT2D eigenvalue weighted by Gasteiger charge is -2.17. The van der Waals surface area contributed by atoms with Crippen molar-refractivity contribution in [2.75, 3.05) is 12.3 Å². The molecule has 2 aromatic heterocycles. The second-order valence-corrected chi connectivity index (χ2v) is 6.89. The average molecular weight is 406 g/mol. The highest BCUT2D eigenvalue weighted by atomic mass is 19.4. The first kappa shape index (κ1) is 18.9. The van der Waals surface area contributed by atoms with Gasteiger partial charge in [-0.1, -0.05) is 6.07 Å². The minimum Gasteiger partial charge on any atom is -0.508 e. The predicted molar refractivity (Wildman–Crippen MR) is 99.3 cm³/mol. The van der Waals surface area contributed by atoms with Crippen molar-refractivity contribution in [2.45, 2.75) is 26.4 Å². The van der Waals surface area contributed by atoms with E-state index in [4.69, 9.17) is 16.2 Å². The lowest BCUT2D eigenvalue weighted by molar-refractivity contribution is -0.139. The molecule has 0 atom stereocenters. The van der Waals surface area contributed by atoms with E-state index in [1.807, 2.05) is 0 Å². The van der Waals surface area contributed by atoms with Gasteiger partial charge in [-0.2, -0.15) is 13.2 Å². The molecule has 3 heterocycles. The quantitative estimate of drug-likeness (QED) is 0.605. The smallest absolute Gasteiger partial charge is 0.434 e. The predicted octanol–water partition coefficient (Wildman–Crippen LogP) is 2.98. The van der Waals surface area contributed by atoms with Crippen LogP contribution in [0.5, 0.6) is 11.5 Å². The first-order valence-electron chi connectivity index (χ1n) is 8.70. The molecular formula is C19H17F3N4O3. The monoisotopic (exact) mass is 406 g/mol. The van der Waals surface area contributed by atoms with Crippen molar-refractivity contribution in [1.82, 2.24) is 9.55 Å². The van der Waals surface area contributed by atoms with Crippen molar-refractivity contribution in [2.24, 2.45) is 5.73 Å². The summed E-state index contributed by atoms with van der Waals surface area (Å²) < 4.78 is 48.4. The summed E-state index contributed by atoms with van der Waals surface area (Å²) in [6.45, 7) is 3.46. The molecule has 5 N–H and O–H groups in total. The van der Waals surface area contributed by atoms with E-state index in [-0.39, 0.29) is 41.6 Å². The standard InChI is InChI=1S/C19H17F3N4O3/c1-7-3-4-10(27)8(2)13(7)26-14-11(12(17(26)23)18(24)28)16(19(20,21)22)25-9-5-6-29-15(9)14/h3-4,27H,5-6,23H2,1-2H3,(H2,24,28). The molecular weight excluding hydrogens is 389 g/mol. The summed E-state index contributed by atoms with van der Waals surface area (Å²) in [6, 6.07) is 3.06. The maximum absolute atomic E-state index is 13.9. The van der Waals surface area contributed by atoms with E-state index in [2.05, 4.69) is 4.98 Å². The van der Waals surface area contributed by atoms with Crippen molar-refractivity contribution >= 4 is 22.6 Å². The zero-order chi connectivity index (χ0) is 21.2. The number of rotatable bonds is 2. The lowest BCUT2D eigenvalue weighted by atomic mass is 10.1. The van der Waals surface area contributed by atoms with E-state index >= 15 is 0 Å². The molecule has 1 aliphatic rings. The van der Waals surface area contributed by atoms with Gasteiger partial charge in [0.15, 0.2) is 11.4 Å². The van der Waals surface area contributed by atoms with E-state index < -0.39 is 28.7 Å². The van der Waals surface area contributed by atoms with Gasteiger partial charge in [0.1, 0.15) is 17.1 Å². The number of hydrogen-bond acceptors (Lipinski definition) is 5. The Morgan fingerprint density at radius 1 is 1.31 bits per heavy atom. The summed E-state index contributed by atoms with van der Waals surface area (Å²) in [5.41, 5.74) is 11.3. The highest BCUT2D eigenvalue weighted by molar-refractivity contribution is 6.14. The van der Waals surface area contributed by atoms with Gasteiger partial charge in [-0.3, -0.25) is 9.36 Å². The van der Waals surface area contributed by atoms with Gasteiger partial charge < -0.3 is 21.3 Å². The van der Waals surface area contributed by atoms with Crippen LogP contribution in [0.4, 0.5) is 19.0 Å². The number of halogens is 3. The summed E-state index contributed by atoms with van der Waals surface area (Å²) in [5, 5.41) is 9.66. The van der Waals surface area contributed by atoms with E-state index in [0.29, 0.717) is 16.8 Å². The SMILES string of the molecule is Cc1ccc(O)c(C)c1-n1c(N)c(C(N)=O)c2c(C(F)(F)F)nc3c(c21)OCC3. The molecule has 7 nitrogen and oxygen atoms in total. The lowest BCUT2D eigenvalue weighted by Crippen LogP contribution is -2.16. The number of fused-ring (bicyclic) bond motifs is 3. The van der Waals surface area contributed by atoms with E-state index in [9.17, 15) is 23.1 Å².